The number of hydrogen-bond acceptors (Lipinski definition) is 4. The van der Waals surface area contributed by atoms with Crippen LogP contribution in [0.2, 0.25) is 0 Å². The molecule has 0 unspecified atom stereocenters. The summed E-state index contributed by atoms with van der Waals surface area (Å²) in [4.78, 5) is 28.1. The lowest BCUT2D eigenvalue weighted by Crippen LogP contribution is -2.57. The van der Waals surface area contributed by atoms with Crippen LogP contribution in [0.4, 0.5) is 0 Å². The fourth-order valence-electron chi connectivity index (χ4n) is 5.49. The summed E-state index contributed by atoms with van der Waals surface area (Å²) < 4.78 is 0. The van der Waals surface area contributed by atoms with Gasteiger partial charge in [0.25, 0.3) is 5.91 Å². The van der Waals surface area contributed by atoms with Crippen LogP contribution in [0.5, 0.6) is 0 Å². The van der Waals surface area contributed by atoms with Gasteiger partial charge >= 0.3 is 0 Å². The number of carbonyl (C=O) groups excluding carboxylic acids is 2. The van der Waals surface area contributed by atoms with Gasteiger partial charge in [-0.1, -0.05) is 36.4 Å². The van der Waals surface area contributed by atoms with Gasteiger partial charge in [-0.3, -0.25) is 14.8 Å². The molecule has 2 saturated heterocycles. The van der Waals surface area contributed by atoms with Gasteiger partial charge in [-0.05, 0) is 68.0 Å². The summed E-state index contributed by atoms with van der Waals surface area (Å²) in [5.74, 6) is -0.0254. The van der Waals surface area contributed by atoms with Gasteiger partial charge in [0.15, 0.2) is 0 Å². The van der Waals surface area contributed by atoms with Crippen LogP contribution in [0.15, 0.2) is 48.5 Å². The van der Waals surface area contributed by atoms with E-state index in [-0.39, 0.29) is 23.9 Å². The van der Waals surface area contributed by atoms with E-state index in [0.717, 1.165) is 54.0 Å². The number of carbonyl (C=O) groups is 2. The predicted molar refractivity (Wildman–Crippen MR) is 117 cm³/mol. The fraction of sp³-hybridized carbons (Fsp3) is 0.440. The number of hydrogen-bond donors (Lipinski definition) is 2. The molecule has 0 aliphatic carbocycles. The Morgan fingerprint density at radius 3 is 2.84 bits per heavy atom. The highest BCUT2D eigenvalue weighted by atomic mass is 16.5. The minimum absolute atomic E-state index is 0.0701. The van der Waals surface area contributed by atoms with Crippen LogP contribution in [0.1, 0.15) is 65.3 Å². The van der Waals surface area contributed by atoms with Crippen molar-refractivity contribution in [2.24, 2.45) is 5.92 Å². The molecule has 0 saturated carbocycles. The van der Waals surface area contributed by atoms with Gasteiger partial charge in [-0.25, -0.2) is 5.06 Å². The molecule has 5 rings (SSSR count). The molecule has 2 amide bonds. The summed E-state index contributed by atoms with van der Waals surface area (Å²) in [6.07, 6.45) is 3.70. The van der Waals surface area contributed by atoms with Crippen molar-refractivity contribution in [2.45, 2.75) is 50.7 Å². The Bertz CT molecular complexity index is 993. The maximum atomic E-state index is 13.1. The smallest absolute Gasteiger partial charge is 0.277 e. The SMILES string of the molecule is C[C@H](c1ccccc1)N(O)C(=O)c1ccc2c(c1)CCN1C(=O)[C@H]3CCCN[C@H]3C[C@H]21. The number of benzene rings is 2. The lowest BCUT2D eigenvalue weighted by Gasteiger charge is -2.48. The average molecular weight is 420 g/mol. The van der Waals surface area contributed by atoms with Crippen molar-refractivity contribution in [3.05, 3.63) is 70.8 Å². The molecule has 3 aliphatic rings. The van der Waals surface area contributed by atoms with Gasteiger partial charge in [-0.2, -0.15) is 0 Å². The Morgan fingerprint density at radius 1 is 1.23 bits per heavy atom. The molecule has 3 heterocycles. The maximum Gasteiger partial charge on any atom is 0.277 e. The highest BCUT2D eigenvalue weighted by Gasteiger charge is 2.45. The zero-order valence-corrected chi connectivity index (χ0v) is 17.8. The summed E-state index contributed by atoms with van der Waals surface area (Å²) >= 11 is 0. The summed E-state index contributed by atoms with van der Waals surface area (Å²) in [5, 5.41) is 14.9. The number of piperidine rings is 2. The van der Waals surface area contributed by atoms with E-state index in [1.165, 1.54) is 0 Å². The third kappa shape index (κ3) is 3.54. The number of nitrogens with one attached hydrogen (secondary N) is 1. The van der Waals surface area contributed by atoms with Crippen LogP contribution in [-0.4, -0.2) is 46.1 Å². The third-order valence-electron chi connectivity index (χ3n) is 7.27. The second-order valence-electron chi connectivity index (χ2n) is 8.99. The molecule has 2 aromatic carbocycles. The molecule has 6 nitrogen and oxygen atoms in total. The lowest BCUT2D eigenvalue weighted by atomic mass is 9.77. The molecular weight excluding hydrogens is 390 g/mol. The predicted octanol–water partition coefficient (Wildman–Crippen LogP) is 3.48. The molecular formula is C25H29N3O3. The average Bonchev–Trinajstić information content (AvgIpc) is 2.83. The first-order chi connectivity index (χ1) is 15.0. The molecule has 0 bridgehead atoms. The Hall–Kier alpha value is -2.70. The van der Waals surface area contributed by atoms with Crippen LogP contribution in [0.25, 0.3) is 0 Å². The van der Waals surface area contributed by atoms with E-state index in [0.29, 0.717) is 12.1 Å². The van der Waals surface area contributed by atoms with Crippen LogP contribution in [0, 0.1) is 5.92 Å². The van der Waals surface area contributed by atoms with Crippen molar-refractivity contribution in [3.8, 4) is 0 Å². The molecule has 3 aliphatic heterocycles. The number of rotatable bonds is 3. The largest absolute Gasteiger partial charge is 0.335 e. The third-order valence-corrected chi connectivity index (χ3v) is 7.27. The number of amides is 2. The number of nitrogens with zero attached hydrogens (tertiary/aromatic N) is 2. The van der Waals surface area contributed by atoms with E-state index >= 15 is 0 Å². The molecule has 2 N–H and O–H groups in total. The topological polar surface area (TPSA) is 72.9 Å². The number of fused-ring (bicyclic) bond motifs is 4. The maximum absolute atomic E-state index is 13.1. The van der Waals surface area contributed by atoms with Gasteiger partial charge in [0.05, 0.1) is 18.0 Å². The molecule has 31 heavy (non-hydrogen) atoms. The highest BCUT2D eigenvalue weighted by Crippen LogP contribution is 2.41. The normalized spacial score (nSPS) is 25.8. The van der Waals surface area contributed by atoms with Crippen molar-refractivity contribution in [3.63, 3.8) is 0 Å². The van der Waals surface area contributed by atoms with E-state index in [9.17, 15) is 14.8 Å². The quantitative estimate of drug-likeness (QED) is 0.590. The second kappa shape index (κ2) is 8.09. The van der Waals surface area contributed by atoms with Crippen molar-refractivity contribution in [2.75, 3.05) is 13.1 Å². The van der Waals surface area contributed by atoms with Crippen molar-refractivity contribution in [1.29, 1.82) is 0 Å². The van der Waals surface area contributed by atoms with Gasteiger partial charge in [-0.15, -0.1) is 0 Å². The highest BCUT2D eigenvalue weighted by molar-refractivity contribution is 5.94. The van der Waals surface area contributed by atoms with E-state index < -0.39 is 11.9 Å². The van der Waals surface area contributed by atoms with E-state index in [2.05, 4.69) is 5.32 Å². The first kappa shape index (κ1) is 20.2. The van der Waals surface area contributed by atoms with Gasteiger partial charge < -0.3 is 10.2 Å². The zero-order chi connectivity index (χ0) is 21.5. The van der Waals surface area contributed by atoms with Gasteiger partial charge in [0.2, 0.25) is 5.91 Å². The summed E-state index contributed by atoms with van der Waals surface area (Å²) in [5.41, 5.74) is 3.60. The van der Waals surface area contributed by atoms with Crippen LogP contribution < -0.4 is 5.32 Å². The zero-order valence-electron chi connectivity index (χ0n) is 17.8. The summed E-state index contributed by atoms with van der Waals surface area (Å²) in [6.45, 7) is 3.48. The molecule has 162 valence electrons. The molecule has 2 fully saturated rings. The van der Waals surface area contributed by atoms with Crippen LogP contribution in [-0.2, 0) is 11.2 Å². The Kier molecular flexibility index (Phi) is 5.28. The minimum Gasteiger partial charge on any atom is -0.335 e. The summed E-state index contributed by atoms with van der Waals surface area (Å²) in [7, 11) is 0. The molecule has 4 atom stereocenters. The standard InChI is InChI=1S/C25H29N3O3/c1-16(17-6-3-2-4-7-17)28(31)24(29)19-9-10-20-18(14-19)11-13-27-23(20)15-22-21(25(27)30)8-5-12-26-22/h2-4,6-7,9-10,14,16,21-23,26,31H,5,8,11-13,15H2,1H3/t16-,21+,22+,23-/m1/s1. The molecule has 0 spiro atoms. The fourth-order valence-corrected chi connectivity index (χ4v) is 5.49. The van der Waals surface area contributed by atoms with Gasteiger partial charge in [0.1, 0.15) is 0 Å². The van der Waals surface area contributed by atoms with Crippen LogP contribution in [0.3, 0.4) is 0 Å². The number of hydroxylamine groups is 2. The van der Waals surface area contributed by atoms with Crippen LogP contribution >= 0.6 is 0 Å². The van der Waals surface area contributed by atoms with Crippen molar-refractivity contribution < 1.29 is 14.8 Å². The van der Waals surface area contributed by atoms with Crippen molar-refractivity contribution >= 4 is 11.8 Å². The Balaban J connectivity index is 1.38. The molecule has 0 radical (unpaired) electrons. The second-order valence-corrected chi connectivity index (χ2v) is 8.99. The minimum atomic E-state index is -0.439. The first-order valence-electron chi connectivity index (χ1n) is 11.3. The van der Waals surface area contributed by atoms with E-state index in [1.54, 1.807) is 6.07 Å². The molecule has 2 aromatic rings. The Labute approximate surface area is 182 Å². The monoisotopic (exact) mass is 419 g/mol. The van der Waals surface area contributed by atoms with Gasteiger partial charge in [0, 0.05) is 18.2 Å². The van der Waals surface area contributed by atoms with Crippen molar-refractivity contribution in [1.82, 2.24) is 15.3 Å². The van der Waals surface area contributed by atoms with E-state index in [1.807, 2.05) is 54.3 Å². The Morgan fingerprint density at radius 2 is 2.03 bits per heavy atom. The first-order valence-corrected chi connectivity index (χ1v) is 11.3. The molecule has 6 heteroatoms. The summed E-state index contributed by atoms with van der Waals surface area (Å²) in [6, 6.07) is 15.0. The molecule has 0 aromatic heterocycles. The van der Waals surface area contributed by atoms with E-state index in [4.69, 9.17) is 0 Å². The lowest BCUT2D eigenvalue weighted by molar-refractivity contribution is -0.145.